The fourth-order valence-corrected chi connectivity index (χ4v) is 1.88. The predicted molar refractivity (Wildman–Crippen MR) is 73.5 cm³/mol. The summed E-state index contributed by atoms with van der Waals surface area (Å²) in [5, 5.41) is 0. The predicted octanol–water partition coefficient (Wildman–Crippen LogP) is 3.79. The van der Waals surface area contributed by atoms with Gasteiger partial charge in [-0.3, -0.25) is 0 Å². The smallest absolute Gasteiger partial charge is 0.0335 e. The third-order valence-corrected chi connectivity index (χ3v) is 2.88. The van der Waals surface area contributed by atoms with Crippen molar-refractivity contribution in [1.82, 2.24) is 0 Å². The Morgan fingerprint density at radius 2 is 1.47 bits per heavy atom. The molecule has 2 N–H and O–H groups in total. The maximum atomic E-state index is 6.17. The zero-order valence-electron chi connectivity index (χ0n) is 9.84. The van der Waals surface area contributed by atoms with Crippen LogP contribution in [0.1, 0.15) is 23.6 Å². The Morgan fingerprint density at radius 3 is 2.06 bits per heavy atom. The van der Waals surface area contributed by atoms with Crippen molar-refractivity contribution in [3.63, 3.8) is 0 Å². The highest BCUT2D eigenvalue weighted by molar-refractivity contribution is 5.63. The summed E-state index contributed by atoms with van der Waals surface area (Å²) in [6.45, 7) is 4.11. The largest absolute Gasteiger partial charge is 0.324 e. The summed E-state index contributed by atoms with van der Waals surface area (Å²) in [7, 11) is 0. The highest BCUT2D eigenvalue weighted by Crippen LogP contribution is 2.23. The van der Waals surface area contributed by atoms with Crippen LogP contribution in [-0.2, 0) is 0 Å². The molecule has 0 fully saturated rings. The van der Waals surface area contributed by atoms with E-state index in [2.05, 4.69) is 30.8 Å². The first kappa shape index (κ1) is 11.6. The second kappa shape index (κ2) is 5.46. The lowest BCUT2D eigenvalue weighted by Crippen LogP contribution is -2.10. The van der Waals surface area contributed by atoms with Crippen LogP contribution in [-0.4, -0.2) is 0 Å². The summed E-state index contributed by atoms with van der Waals surface area (Å²) < 4.78 is 0. The fourth-order valence-electron chi connectivity index (χ4n) is 1.88. The summed E-state index contributed by atoms with van der Waals surface area (Å²) >= 11 is 0. The van der Waals surface area contributed by atoms with Gasteiger partial charge in [-0.15, -0.1) is 0 Å². The van der Waals surface area contributed by atoms with Crippen LogP contribution in [0.3, 0.4) is 0 Å². The van der Waals surface area contributed by atoms with Gasteiger partial charge in [0.2, 0.25) is 0 Å². The summed E-state index contributed by atoms with van der Waals surface area (Å²) in [5.41, 5.74) is 9.58. The van der Waals surface area contributed by atoms with Crippen molar-refractivity contribution >= 4 is 5.57 Å². The molecule has 1 nitrogen and oxygen atoms in total. The van der Waals surface area contributed by atoms with Gasteiger partial charge in [0.1, 0.15) is 0 Å². The molecule has 0 aliphatic rings. The SMILES string of the molecule is C=C(CC(N)c1ccccc1)c1ccccc1. The van der Waals surface area contributed by atoms with Crippen LogP contribution in [0, 0.1) is 0 Å². The maximum Gasteiger partial charge on any atom is 0.0335 e. The standard InChI is InChI=1S/C16H17N/c1-13(14-8-4-2-5-9-14)12-16(17)15-10-6-3-7-11-15/h2-11,16H,1,12,17H2. The van der Waals surface area contributed by atoms with Gasteiger partial charge in [-0.05, 0) is 23.1 Å². The quantitative estimate of drug-likeness (QED) is 0.838. The Morgan fingerprint density at radius 1 is 0.941 bits per heavy atom. The van der Waals surface area contributed by atoms with E-state index in [0.717, 1.165) is 17.6 Å². The summed E-state index contributed by atoms with van der Waals surface area (Å²) in [6.07, 6.45) is 0.786. The molecule has 86 valence electrons. The topological polar surface area (TPSA) is 26.0 Å². The van der Waals surface area contributed by atoms with Crippen molar-refractivity contribution in [2.75, 3.05) is 0 Å². The molecule has 0 spiro atoms. The molecule has 2 aromatic carbocycles. The van der Waals surface area contributed by atoms with Gasteiger partial charge in [-0.25, -0.2) is 0 Å². The van der Waals surface area contributed by atoms with Crippen molar-refractivity contribution in [1.29, 1.82) is 0 Å². The van der Waals surface area contributed by atoms with Crippen molar-refractivity contribution in [2.45, 2.75) is 12.5 Å². The van der Waals surface area contributed by atoms with E-state index >= 15 is 0 Å². The van der Waals surface area contributed by atoms with Gasteiger partial charge in [0.25, 0.3) is 0 Å². The van der Waals surface area contributed by atoms with Gasteiger partial charge in [0, 0.05) is 6.04 Å². The fraction of sp³-hybridized carbons (Fsp3) is 0.125. The molecule has 0 heterocycles. The van der Waals surface area contributed by atoms with Crippen LogP contribution in [0.5, 0.6) is 0 Å². The molecule has 0 saturated carbocycles. The van der Waals surface area contributed by atoms with Crippen LogP contribution < -0.4 is 5.73 Å². The lowest BCUT2D eigenvalue weighted by atomic mass is 9.96. The van der Waals surface area contributed by atoms with Crippen molar-refractivity contribution in [3.8, 4) is 0 Å². The van der Waals surface area contributed by atoms with Crippen LogP contribution in [0.4, 0.5) is 0 Å². The molecule has 0 bridgehead atoms. The first-order valence-electron chi connectivity index (χ1n) is 5.81. The molecule has 0 aliphatic heterocycles. The molecule has 0 aliphatic carbocycles. The van der Waals surface area contributed by atoms with Gasteiger partial charge < -0.3 is 5.73 Å². The Hall–Kier alpha value is -1.86. The average molecular weight is 223 g/mol. The Balaban J connectivity index is 2.05. The maximum absolute atomic E-state index is 6.17. The molecule has 17 heavy (non-hydrogen) atoms. The molecule has 2 rings (SSSR count). The van der Waals surface area contributed by atoms with Crippen LogP contribution in [0.25, 0.3) is 5.57 Å². The molecule has 0 saturated heterocycles. The average Bonchev–Trinajstić information content (AvgIpc) is 2.40. The molecule has 1 heteroatoms. The van der Waals surface area contributed by atoms with Crippen LogP contribution in [0.15, 0.2) is 67.2 Å². The van der Waals surface area contributed by atoms with E-state index in [1.807, 2.05) is 36.4 Å². The van der Waals surface area contributed by atoms with E-state index in [1.165, 1.54) is 5.56 Å². The lowest BCUT2D eigenvalue weighted by Gasteiger charge is -2.14. The van der Waals surface area contributed by atoms with Crippen LogP contribution >= 0.6 is 0 Å². The minimum absolute atomic E-state index is 0.0175. The van der Waals surface area contributed by atoms with E-state index in [9.17, 15) is 0 Å². The first-order valence-corrected chi connectivity index (χ1v) is 5.81. The van der Waals surface area contributed by atoms with Gasteiger partial charge in [-0.1, -0.05) is 67.2 Å². The first-order chi connectivity index (χ1) is 8.27. The van der Waals surface area contributed by atoms with Gasteiger partial charge in [0.15, 0.2) is 0 Å². The number of rotatable bonds is 4. The summed E-state index contributed by atoms with van der Waals surface area (Å²) in [4.78, 5) is 0. The van der Waals surface area contributed by atoms with E-state index < -0.39 is 0 Å². The highest BCUT2D eigenvalue weighted by Gasteiger charge is 2.08. The second-order valence-corrected chi connectivity index (χ2v) is 4.19. The molecular weight excluding hydrogens is 206 g/mol. The van der Waals surface area contributed by atoms with Crippen molar-refractivity contribution < 1.29 is 0 Å². The van der Waals surface area contributed by atoms with Gasteiger partial charge in [0.05, 0.1) is 0 Å². The molecular formula is C16H17N. The Kier molecular flexibility index (Phi) is 3.73. The molecule has 0 radical (unpaired) electrons. The van der Waals surface area contributed by atoms with Gasteiger partial charge in [-0.2, -0.15) is 0 Å². The minimum Gasteiger partial charge on any atom is -0.324 e. The minimum atomic E-state index is 0.0175. The zero-order valence-corrected chi connectivity index (χ0v) is 9.84. The molecule has 1 unspecified atom stereocenters. The monoisotopic (exact) mass is 223 g/mol. The summed E-state index contributed by atoms with van der Waals surface area (Å²) in [6, 6.07) is 20.4. The molecule has 0 amide bonds. The molecule has 1 atom stereocenters. The number of benzene rings is 2. The molecule has 2 aromatic rings. The summed E-state index contributed by atoms with van der Waals surface area (Å²) in [5.74, 6) is 0. The second-order valence-electron chi connectivity index (χ2n) is 4.19. The third-order valence-electron chi connectivity index (χ3n) is 2.88. The number of hydrogen-bond acceptors (Lipinski definition) is 1. The van der Waals surface area contributed by atoms with Gasteiger partial charge >= 0.3 is 0 Å². The normalized spacial score (nSPS) is 12.1. The van der Waals surface area contributed by atoms with Crippen molar-refractivity contribution in [3.05, 3.63) is 78.4 Å². The zero-order chi connectivity index (χ0) is 12.1. The third kappa shape index (κ3) is 3.05. The Labute approximate surface area is 103 Å². The number of nitrogens with two attached hydrogens (primary N) is 1. The van der Waals surface area contributed by atoms with Crippen LogP contribution in [0.2, 0.25) is 0 Å². The lowest BCUT2D eigenvalue weighted by molar-refractivity contribution is 0.752. The molecule has 0 aromatic heterocycles. The highest BCUT2D eigenvalue weighted by atomic mass is 14.6. The van der Waals surface area contributed by atoms with E-state index in [1.54, 1.807) is 0 Å². The van der Waals surface area contributed by atoms with E-state index in [0.29, 0.717) is 0 Å². The number of hydrogen-bond donors (Lipinski definition) is 1. The van der Waals surface area contributed by atoms with Crippen molar-refractivity contribution in [2.24, 2.45) is 5.73 Å². The van der Waals surface area contributed by atoms with E-state index in [-0.39, 0.29) is 6.04 Å². The van der Waals surface area contributed by atoms with E-state index in [4.69, 9.17) is 5.73 Å². The Bertz CT molecular complexity index is 473.